The minimum absolute atomic E-state index is 0.00386. The van der Waals surface area contributed by atoms with E-state index in [2.05, 4.69) is 10.3 Å². The van der Waals surface area contributed by atoms with E-state index >= 15 is 0 Å². The predicted octanol–water partition coefficient (Wildman–Crippen LogP) is 1.07. The maximum atomic E-state index is 11.1. The summed E-state index contributed by atoms with van der Waals surface area (Å²) in [5.41, 5.74) is -0.0717. The number of nitro groups is 1. The van der Waals surface area contributed by atoms with Crippen molar-refractivity contribution >= 4 is 23.1 Å². The molecule has 0 bridgehead atoms. The number of hydrogen-bond donors (Lipinski definition) is 1. The number of anilines is 1. The summed E-state index contributed by atoms with van der Waals surface area (Å²) >= 11 is 5.76. The summed E-state index contributed by atoms with van der Waals surface area (Å²) in [6.45, 7) is 2.36. The van der Waals surface area contributed by atoms with Crippen LogP contribution in [0.4, 0.5) is 11.5 Å². The third-order valence-corrected chi connectivity index (χ3v) is 3.09. The van der Waals surface area contributed by atoms with Crippen molar-refractivity contribution in [2.24, 2.45) is 0 Å². The monoisotopic (exact) mass is 286 g/mol. The first-order chi connectivity index (χ1) is 9.11. The van der Waals surface area contributed by atoms with Crippen LogP contribution in [0.15, 0.2) is 12.3 Å². The van der Waals surface area contributed by atoms with Gasteiger partial charge in [-0.15, -0.1) is 0 Å². The molecule has 7 nitrogen and oxygen atoms in total. The Balaban J connectivity index is 2.23. The molecule has 0 saturated carbocycles. The average molecular weight is 287 g/mol. The van der Waals surface area contributed by atoms with Crippen LogP contribution in [0.5, 0.6) is 0 Å². The zero-order valence-corrected chi connectivity index (χ0v) is 11.3. The molecule has 1 aromatic heterocycles. The summed E-state index contributed by atoms with van der Waals surface area (Å²) in [6, 6.07) is 1.33. The van der Waals surface area contributed by atoms with Gasteiger partial charge in [0.1, 0.15) is 0 Å². The molecule has 0 spiro atoms. The van der Waals surface area contributed by atoms with Crippen LogP contribution < -0.4 is 10.2 Å². The Hall–Kier alpha value is -1.44. The van der Waals surface area contributed by atoms with Gasteiger partial charge in [0.25, 0.3) is 0 Å². The molecule has 104 valence electrons. The number of nitrogens with zero attached hydrogens (tertiary/aromatic N) is 3. The lowest BCUT2D eigenvalue weighted by Gasteiger charge is -2.33. The second kappa shape index (κ2) is 6.14. The standard InChI is InChI=1S/C11H15ClN4O3/c1-13-6-9-7-15(2-3-19-9)11-10(16(17)18)4-8(12)5-14-11/h4-5,9,13H,2-3,6-7H2,1H3. The third-order valence-electron chi connectivity index (χ3n) is 2.88. The van der Waals surface area contributed by atoms with Gasteiger partial charge in [0.15, 0.2) is 0 Å². The summed E-state index contributed by atoms with van der Waals surface area (Å²) in [5.74, 6) is 0.346. The van der Waals surface area contributed by atoms with Gasteiger partial charge in [-0.3, -0.25) is 10.1 Å². The number of halogens is 1. The molecular formula is C11H15ClN4O3. The van der Waals surface area contributed by atoms with E-state index in [1.165, 1.54) is 12.3 Å². The molecule has 0 aliphatic carbocycles. The predicted molar refractivity (Wildman–Crippen MR) is 71.8 cm³/mol. The van der Waals surface area contributed by atoms with Gasteiger partial charge >= 0.3 is 5.69 Å². The van der Waals surface area contributed by atoms with E-state index in [0.29, 0.717) is 32.1 Å². The van der Waals surface area contributed by atoms with Crippen molar-refractivity contribution in [3.8, 4) is 0 Å². The quantitative estimate of drug-likeness (QED) is 0.659. The van der Waals surface area contributed by atoms with Crippen LogP contribution in [0.2, 0.25) is 5.02 Å². The zero-order chi connectivity index (χ0) is 13.8. The molecule has 2 rings (SSSR count). The third kappa shape index (κ3) is 3.31. The van der Waals surface area contributed by atoms with Crippen LogP contribution in [0.3, 0.4) is 0 Å². The van der Waals surface area contributed by atoms with Crippen LogP contribution in [-0.2, 0) is 4.74 Å². The Kier molecular flexibility index (Phi) is 4.52. The van der Waals surface area contributed by atoms with Crippen molar-refractivity contribution < 1.29 is 9.66 Å². The van der Waals surface area contributed by atoms with Crippen LogP contribution in [-0.4, -0.2) is 49.3 Å². The number of morpholine rings is 1. The van der Waals surface area contributed by atoms with Gasteiger partial charge in [0, 0.05) is 31.9 Å². The van der Waals surface area contributed by atoms with E-state index in [-0.39, 0.29) is 16.8 Å². The largest absolute Gasteiger partial charge is 0.373 e. The highest BCUT2D eigenvalue weighted by molar-refractivity contribution is 6.30. The lowest BCUT2D eigenvalue weighted by molar-refractivity contribution is -0.384. The average Bonchev–Trinajstić information content (AvgIpc) is 2.39. The van der Waals surface area contributed by atoms with Crippen molar-refractivity contribution in [2.45, 2.75) is 6.10 Å². The minimum Gasteiger partial charge on any atom is -0.373 e. The summed E-state index contributed by atoms with van der Waals surface area (Å²) in [7, 11) is 1.84. The van der Waals surface area contributed by atoms with E-state index < -0.39 is 4.92 Å². The number of pyridine rings is 1. The molecule has 1 aliphatic heterocycles. The van der Waals surface area contributed by atoms with Crippen LogP contribution in [0.25, 0.3) is 0 Å². The van der Waals surface area contributed by atoms with E-state index in [0.717, 1.165) is 0 Å². The van der Waals surface area contributed by atoms with Gasteiger partial charge in [-0.05, 0) is 7.05 Å². The van der Waals surface area contributed by atoms with Gasteiger partial charge in [-0.2, -0.15) is 0 Å². The van der Waals surface area contributed by atoms with E-state index in [9.17, 15) is 10.1 Å². The number of rotatable bonds is 4. The number of nitrogens with one attached hydrogen (secondary N) is 1. The van der Waals surface area contributed by atoms with Crippen LogP contribution in [0.1, 0.15) is 0 Å². The van der Waals surface area contributed by atoms with Gasteiger partial charge < -0.3 is 15.0 Å². The Morgan fingerprint density at radius 2 is 2.53 bits per heavy atom. The highest BCUT2D eigenvalue weighted by Gasteiger charge is 2.27. The molecule has 1 aliphatic rings. The molecule has 1 fully saturated rings. The molecule has 1 N–H and O–H groups in total. The molecule has 1 atom stereocenters. The molecule has 0 radical (unpaired) electrons. The highest BCUT2D eigenvalue weighted by atomic mass is 35.5. The lowest BCUT2D eigenvalue weighted by Crippen LogP contribution is -2.46. The second-order valence-electron chi connectivity index (χ2n) is 4.25. The Bertz CT molecular complexity index is 469. The fourth-order valence-corrected chi connectivity index (χ4v) is 2.21. The van der Waals surface area contributed by atoms with Crippen molar-refractivity contribution in [1.29, 1.82) is 0 Å². The molecule has 8 heteroatoms. The van der Waals surface area contributed by atoms with Crippen molar-refractivity contribution in [2.75, 3.05) is 38.2 Å². The number of likely N-dealkylation sites (N-methyl/N-ethyl adjacent to an activating group) is 1. The highest BCUT2D eigenvalue weighted by Crippen LogP contribution is 2.29. The second-order valence-corrected chi connectivity index (χ2v) is 4.69. The number of ether oxygens (including phenoxy) is 1. The van der Waals surface area contributed by atoms with E-state index in [1.54, 1.807) is 0 Å². The molecule has 19 heavy (non-hydrogen) atoms. The van der Waals surface area contributed by atoms with Crippen molar-refractivity contribution in [3.63, 3.8) is 0 Å². The van der Waals surface area contributed by atoms with Crippen LogP contribution >= 0.6 is 11.6 Å². The topological polar surface area (TPSA) is 80.5 Å². The van der Waals surface area contributed by atoms with Gasteiger partial charge in [-0.1, -0.05) is 11.6 Å². The van der Waals surface area contributed by atoms with Crippen LogP contribution in [0, 0.1) is 10.1 Å². The van der Waals surface area contributed by atoms with Crippen molar-refractivity contribution in [3.05, 3.63) is 27.4 Å². The first kappa shape index (κ1) is 14.0. The molecular weight excluding hydrogens is 272 g/mol. The summed E-state index contributed by atoms with van der Waals surface area (Å²) in [4.78, 5) is 16.6. The molecule has 0 amide bonds. The molecule has 0 aromatic carbocycles. The number of aromatic nitrogens is 1. The Labute approximate surface area is 115 Å². The maximum absolute atomic E-state index is 11.1. The Morgan fingerprint density at radius 3 is 3.21 bits per heavy atom. The fraction of sp³-hybridized carbons (Fsp3) is 0.545. The zero-order valence-electron chi connectivity index (χ0n) is 10.5. The molecule has 1 unspecified atom stereocenters. The van der Waals surface area contributed by atoms with Gasteiger partial charge in [0.05, 0.1) is 22.7 Å². The number of hydrogen-bond acceptors (Lipinski definition) is 6. The summed E-state index contributed by atoms with van der Waals surface area (Å²) < 4.78 is 5.57. The molecule has 2 heterocycles. The lowest BCUT2D eigenvalue weighted by atomic mass is 10.2. The summed E-state index contributed by atoms with van der Waals surface area (Å²) in [6.07, 6.45) is 1.42. The summed E-state index contributed by atoms with van der Waals surface area (Å²) in [5, 5.41) is 14.3. The fourth-order valence-electron chi connectivity index (χ4n) is 2.06. The van der Waals surface area contributed by atoms with E-state index in [1.807, 2.05) is 11.9 Å². The Morgan fingerprint density at radius 1 is 1.74 bits per heavy atom. The smallest absolute Gasteiger partial charge is 0.313 e. The molecule has 1 aromatic rings. The minimum atomic E-state index is -0.462. The first-order valence-corrected chi connectivity index (χ1v) is 6.30. The molecule has 1 saturated heterocycles. The normalized spacial score (nSPS) is 19.5. The maximum Gasteiger partial charge on any atom is 0.313 e. The van der Waals surface area contributed by atoms with Gasteiger partial charge in [-0.25, -0.2) is 4.98 Å². The first-order valence-electron chi connectivity index (χ1n) is 5.93. The SMILES string of the molecule is CNCC1CN(c2ncc(Cl)cc2[N+](=O)[O-])CCO1. The van der Waals surface area contributed by atoms with Gasteiger partial charge in [0.2, 0.25) is 5.82 Å². The van der Waals surface area contributed by atoms with Crippen molar-refractivity contribution in [1.82, 2.24) is 10.3 Å². The van der Waals surface area contributed by atoms with E-state index in [4.69, 9.17) is 16.3 Å².